The molecule has 1 aromatic carbocycles. The van der Waals surface area contributed by atoms with Gasteiger partial charge in [-0.2, -0.15) is 5.26 Å². The Balaban J connectivity index is 1.65. The predicted octanol–water partition coefficient (Wildman–Crippen LogP) is 2.59. The summed E-state index contributed by atoms with van der Waals surface area (Å²) in [4.78, 5) is 47.3. The fourth-order valence-electron chi connectivity index (χ4n) is 5.03. The van der Waals surface area contributed by atoms with Crippen LogP contribution >= 0.6 is 0 Å². The van der Waals surface area contributed by atoms with Gasteiger partial charge in [0.2, 0.25) is 11.8 Å². The zero-order chi connectivity index (χ0) is 25.3. The van der Waals surface area contributed by atoms with Crippen LogP contribution in [0.15, 0.2) is 42.6 Å². The number of carbonyl (C=O) groups excluding carboxylic acids is 3. The highest BCUT2D eigenvalue weighted by molar-refractivity contribution is 6.07. The molecule has 1 aromatic heterocycles. The fraction of sp³-hybridized carbons (Fsp3) is 0.423. The van der Waals surface area contributed by atoms with E-state index in [0.717, 1.165) is 5.56 Å². The van der Waals surface area contributed by atoms with Crippen LogP contribution in [0.4, 0.5) is 5.69 Å². The lowest BCUT2D eigenvalue weighted by Crippen LogP contribution is -2.52. The summed E-state index contributed by atoms with van der Waals surface area (Å²) < 4.78 is 5.20. The van der Waals surface area contributed by atoms with Gasteiger partial charge < -0.3 is 19.9 Å². The van der Waals surface area contributed by atoms with Crippen molar-refractivity contribution < 1.29 is 19.1 Å². The molecule has 1 saturated heterocycles. The summed E-state index contributed by atoms with van der Waals surface area (Å²) in [5, 5.41) is 12.8. The number of carbonyl (C=O) groups is 3. The van der Waals surface area contributed by atoms with Crippen LogP contribution in [0.3, 0.4) is 0 Å². The number of amides is 3. The van der Waals surface area contributed by atoms with Gasteiger partial charge in [0.05, 0.1) is 18.6 Å². The third-order valence-corrected chi connectivity index (χ3v) is 6.87. The molecule has 1 spiro atoms. The molecule has 2 aliphatic rings. The Hall–Kier alpha value is -3.93. The van der Waals surface area contributed by atoms with Crippen LogP contribution in [0, 0.1) is 17.2 Å². The number of nitrogens with zero attached hydrogens (tertiary/aromatic N) is 4. The van der Waals surface area contributed by atoms with Crippen LogP contribution in [0.5, 0.6) is 5.75 Å². The van der Waals surface area contributed by atoms with Crippen LogP contribution in [0.1, 0.15) is 42.7 Å². The van der Waals surface area contributed by atoms with Crippen LogP contribution < -0.4 is 10.1 Å². The van der Waals surface area contributed by atoms with Crippen molar-refractivity contribution in [2.45, 2.75) is 44.2 Å². The van der Waals surface area contributed by atoms with Crippen LogP contribution in [-0.2, 0) is 15.0 Å². The first kappa shape index (κ1) is 24.2. The number of anilines is 1. The topological polar surface area (TPSA) is 116 Å². The Morgan fingerprint density at radius 2 is 2.09 bits per heavy atom. The zero-order valence-corrected chi connectivity index (χ0v) is 20.3. The number of methoxy groups -OCH3 is 1. The largest absolute Gasteiger partial charge is 0.497 e. The van der Waals surface area contributed by atoms with Crippen molar-refractivity contribution in [3.8, 4) is 11.8 Å². The third kappa shape index (κ3) is 4.20. The minimum Gasteiger partial charge on any atom is -0.497 e. The van der Waals surface area contributed by atoms with E-state index in [1.807, 2.05) is 38.1 Å². The number of likely N-dealkylation sites (tertiary alicyclic amines) is 1. The van der Waals surface area contributed by atoms with E-state index >= 15 is 0 Å². The first-order valence-corrected chi connectivity index (χ1v) is 11.6. The smallest absolute Gasteiger partial charge is 0.273 e. The van der Waals surface area contributed by atoms with E-state index in [1.54, 1.807) is 13.1 Å². The predicted molar refractivity (Wildman–Crippen MR) is 129 cm³/mol. The lowest BCUT2D eigenvalue weighted by atomic mass is 9.80. The Morgan fingerprint density at radius 3 is 2.77 bits per heavy atom. The van der Waals surface area contributed by atoms with Crippen molar-refractivity contribution in [1.82, 2.24) is 14.8 Å². The number of aromatic nitrogens is 1. The van der Waals surface area contributed by atoms with Gasteiger partial charge in [0.1, 0.15) is 23.5 Å². The molecule has 182 valence electrons. The number of hydrogen-bond donors (Lipinski definition) is 1. The third-order valence-electron chi connectivity index (χ3n) is 6.87. The number of nitrogens with one attached hydrogen (secondary N) is 1. The van der Waals surface area contributed by atoms with Gasteiger partial charge >= 0.3 is 0 Å². The lowest BCUT2D eigenvalue weighted by molar-refractivity contribution is -0.136. The molecule has 3 heterocycles. The Bertz CT molecular complexity index is 1210. The molecule has 1 unspecified atom stereocenters. The molecule has 1 N–H and O–H groups in total. The van der Waals surface area contributed by atoms with E-state index in [2.05, 4.69) is 16.4 Å². The maximum absolute atomic E-state index is 13.9. The van der Waals surface area contributed by atoms with Crippen LogP contribution in [0.2, 0.25) is 0 Å². The first-order valence-electron chi connectivity index (χ1n) is 11.6. The molecule has 3 amide bonds. The molecular formula is C26H29N5O4. The van der Waals surface area contributed by atoms with Gasteiger partial charge in [-0.1, -0.05) is 32.0 Å². The minimum atomic E-state index is -0.980. The molecule has 0 bridgehead atoms. The SMILES string of the molecule is COc1ccnc(C(=O)N(C)C(CC(C)C)C(=O)N2C[C@]3(C[C@H]2C#N)C(=O)Nc2ccccc23)c1. The zero-order valence-electron chi connectivity index (χ0n) is 20.3. The highest BCUT2D eigenvalue weighted by Crippen LogP contribution is 2.46. The monoisotopic (exact) mass is 475 g/mol. The number of fused-ring (bicyclic) bond motifs is 2. The van der Waals surface area contributed by atoms with Crippen molar-refractivity contribution >= 4 is 23.4 Å². The quantitative estimate of drug-likeness (QED) is 0.687. The average molecular weight is 476 g/mol. The maximum Gasteiger partial charge on any atom is 0.273 e. The fourth-order valence-corrected chi connectivity index (χ4v) is 5.03. The van der Waals surface area contributed by atoms with Crippen molar-refractivity contribution in [2.75, 3.05) is 26.0 Å². The summed E-state index contributed by atoms with van der Waals surface area (Å²) in [6, 6.07) is 11.1. The molecule has 1 fully saturated rings. The second-order valence-electron chi connectivity index (χ2n) is 9.54. The van der Waals surface area contributed by atoms with E-state index in [0.29, 0.717) is 17.9 Å². The number of likely N-dealkylation sites (N-methyl/N-ethyl adjacent to an activating group) is 1. The molecule has 2 aromatic rings. The van der Waals surface area contributed by atoms with E-state index < -0.39 is 23.4 Å². The lowest BCUT2D eigenvalue weighted by Gasteiger charge is -2.33. The minimum absolute atomic E-state index is 0.0843. The highest BCUT2D eigenvalue weighted by Gasteiger charge is 2.56. The summed E-state index contributed by atoms with van der Waals surface area (Å²) in [5.41, 5.74) is 0.684. The van der Waals surface area contributed by atoms with Crippen molar-refractivity contribution in [1.29, 1.82) is 5.26 Å². The van der Waals surface area contributed by atoms with Gasteiger partial charge in [0.25, 0.3) is 5.91 Å². The second kappa shape index (κ2) is 9.37. The standard InChI is InChI=1S/C26H29N5O4/c1-16(2)11-22(30(3)23(32)21-12-18(35-4)9-10-28-21)24(33)31-15-26(13-17(31)14-27)19-7-5-6-8-20(19)29-25(26)34/h5-10,12,16-17,22H,11,13,15H2,1-4H3,(H,29,34)/t17-,22?,26-/m0/s1. The molecule has 9 nitrogen and oxygen atoms in total. The maximum atomic E-state index is 13.9. The average Bonchev–Trinajstić information content (AvgIpc) is 3.39. The summed E-state index contributed by atoms with van der Waals surface area (Å²) in [6.45, 7) is 4.02. The van der Waals surface area contributed by atoms with Gasteiger partial charge in [-0.3, -0.25) is 19.4 Å². The number of ether oxygens (including phenoxy) is 1. The Kier molecular flexibility index (Phi) is 6.48. The number of para-hydroxylation sites is 1. The van der Waals surface area contributed by atoms with Gasteiger partial charge in [-0.25, -0.2) is 0 Å². The molecule has 2 aliphatic heterocycles. The normalized spacial score (nSPS) is 21.4. The summed E-state index contributed by atoms with van der Waals surface area (Å²) >= 11 is 0. The molecule has 35 heavy (non-hydrogen) atoms. The molecule has 3 atom stereocenters. The molecule has 0 aliphatic carbocycles. The van der Waals surface area contributed by atoms with Crippen molar-refractivity contribution in [2.24, 2.45) is 5.92 Å². The highest BCUT2D eigenvalue weighted by atomic mass is 16.5. The summed E-state index contributed by atoms with van der Waals surface area (Å²) in [5.74, 6) is -0.391. The van der Waals surface area contributed by atoms with Gasteiger partial charge in [0.15, 0.2) is 0 Å². The van der Waals surface area contributed by atoms with E-state index in [-0.39, 0.29) is 36.4 Å². The summed E-state index contributed by atoms with van der Waals surface area (Å²) in [6.07, 6.45) is 2.09. The van der Waals surface area contributed by atoms with Gasteiger partial charge in [-0.15, -0.1) is 0 Å². The van der Waals surface area contributed by atoms with Gasteiger partial charge in [0, 0.05) is 38.0 Å². The second-order valence-corrected chi connectivity index (χ2v) is 9.54. The number of hydrogen-bond acceptors (Lipinski definition) is 6. The van der Waals surface area contributed by atoms with Crippen LogP contribution in [-0.4, -0.2) is 65.3 Å². The number of nitriles is 1. The number of benzene rings is 1. The van der Waals surface area contributed by atoms with Crippen molar-refractivity contribution in [3.05, 3.63) is 53.9 Å². The van der Waals surface area contributed by atoms with Gasteiger partial charge in [-0.05, 0) is 30.0 Å². The number of pyridine rings is 1. The molecule has 0 radical (unpaired) electrons. The van der Waals surface area contributed by atoms with Crippen LogP contribution in [0.25, 0.3) is 0 Å². The van der Waals surface area contributed by atoms with E-state index in [1.165, 1.54) is 29.2 Å². The molecule has 4 rings (SSSR count). The van der Waals surface area contributed by atoms with E-state index in [4.69, 9.17) is 4.74 Å². The van der Waals surface area contributed by atoms with E-state index in [9.17, 15) is 19.6 Å². The molecule has 9 heteroatoms. The Morgan fingerprint density at radius 1 is 1.34 bits per heavy atom. The molecule has 0 saturated carbocycles. The molecular weight excluding hydrogens is 446 g/mol. The Labute approximate surface area is 204 Å². The van der Waals surface area contributed by atoms with Crippen molar-refractivity contribution in [3.63, 3.8) is 0 Å². The first-order chi connectivity index (χ1) is 16.7. The summed E-state index contributed by atoms with van der Waals surface area (Å²) in [7, 11) is 3.07. The number of rotatable bonds is 6.